The second-order valence-corrected chi connectivity index (χ2v) is 11.8. The number of likely N-dealkylation sites (N-methyl/N-ethyl adjacent to an activating group) is 1. The van der Waals surface area contributed by atoms with E-state index in [4.69, 9.17) is 4.74 Å². The average molecular weight is 654 g/mol. The molecule has 1 fully saturated rings. The van der Waals surface area contributed by atoms with Crippen LogP contribution in [0.25, 0.3) is 0 Å². The monoisotopic (exact) mass is 653 g/mol. The van der Waals surface area contributed by atoms with Gasteiger partial charge in [0.05, 0.1) is 43.7 Å². The zero-order valence-corrected chi connectivity index (χ0v) is 26.4. The van der Waals surface area contributed by atoms with Crippen molar-refractivity contribution < 1.29 is 27.9 Å². The zero-order chi connectivity index (χ0) is 34.0. The lowest BCUT2D eigenvalue weighted by Gasteiger charge is -2.37. The molecule has 1 atom stereocenters. The van der Waals surface area contributed by atoms with E-state index in [-0.39, 0.29) is 52.6 Å². The van der Waals surface area contributed by atoms with Crippen LogP contribution in [0, 0.1) is 11.3 Å². The Morgan fingerprint density at radius 2 is 1.79 bits per heavy atom. The van der Waals surface area contributed by atoms with Crippen molar-refractivity contribution in [3.63, 3.8) is 0 Å². The Bertz CT molecular complexity index is 1890. The molecule has 1 aromatic heterocycles. The molecule has 2 aliphatic heterocycles. The van der Waals surface area contributed by atoms with Crippen LogP contribution < -0.4 is 15.0 Å². The largest absolute Gasteiger partial charge is 0.495 e. The van der Waals surface area contributed by atoms with Gasteiger partial charge in [0, 0.05) is 42.0 Å². The third kappa shape index (κ3) is 6.22. The first-order valence-electron chi connectivity index (χ1n) is 15.4. The maximum absolute atomic E-state index is 15.3. The van der Waals surface area contributed by atoms with Gasteiger partial charge in [-0.25, -0.2) is 0 Å². The normalized spacial score (nSPS) is 15.8. The quantitative estimate of drug-likeness (QED) is 0.267. The number of carbonyl (C=O) groups excluding carboxylic acids is 3. The molecule has 3 amide bonds. The molecule has 1 saturated heterocycles. The van der Waals surface area contributed by atoms with Gasteiger partial charge in [0.2, 0.25) is 5.91 Å². The van der Waals surface area contributed by atoms with Crippen LogP contribution in [0.1, 0.15) is 50.0 Å². The number of aromatic nitrogens is 2. The molecule has 246 valence electrons. The number of nitrogens with zero attached hydrogens (tertiary/aromatic N) is 6. The third-order valence-electron chi connectivity index (χ3n) is 8.63. The van der Waals surface area contributed by atoms with E-state index in [2.05, 4.69) is 10.4 Å². The molecular formula is C35H33F2N7O4. The maximum atomic E-state index is 15.3. The number of amides is 3. The number of halogens is 2. The number of nitrogens with one attached hydrogen (secondary N) is 1. The number of alkyl halides is 2. The lowest BCUT2D eigenvalue weighted by molar-refractivity contribution is -0.135. The number of methoxy groups -OCH3 is 1. The lowest BCUT2D eigenvalue weighted by Crippen LogP contribution is -2.50. The van der Waals surface area contributed by atoms with Crippen molar-refractivity contribution in [3.05, 3.63) is 107 Å². The van der Waals surface area contributed by atoms with Gasteiger partial charge in [-0.2, -0.15) is 19.1 Å². The molecule has 1 N–H and O–H groups in total. The summed E-state index contributed by atoms with van der Waals surface area (Å²) in [6.07, 6.45) is 2.36. The second-order valence-electron chi connectivity index (χ2n) is 11.8. The topological polar surface area (TPSA) is 124 Å². The van der Waals surface area contributed by atoms with Crippen LogP contribution in [0.15, 0.2) is 79.0 Å². The number of carbonyl (C=O) groups is 3. The van der Waals surface area contributed by atoms with Gasteiger partial charge in [-0.1, -0.05) is 42.5 Å². The zero-order valence-electron chi connectivity index (χ0n) is 26.4. The highest BCUT2D eigenvalue weighted by Crippen LogP contribution is 2.37. The van der Waals surface area contributed by atoms with Gasteiger partial charge in [-0.3, -0.25) is 24.0 Å². The van der Waals surface area contributed by atoms with Crippen LogP contribution in [0.3, 0.4) is 0 Å². The molecule has 48 heavy (non-hydrogen) atoms. The standard InChI is InChI=1S/C35H33F2N7O4/c1-41(22-31(45)42-15-6-16-42)20-28-21-43(27-12-10-26(11-13-27)35(36,37)25-7-4-3-5-8-25)34(47)32-29(19-39-44(28)32)40-33(46)23-9-14-30(48-2)24(17-23)18-38/h3-5,7-14,17,19,28H,6,15-16,20-22H2,1-2H3,(H,40,46). The molecule has 0 spiro atoms. The van der Waals surface area contributed by atoms with E-state index in [0.29, 0.717) is 18.0 Å². The molecule has 0 bridgehead atoms. The fraction of sp³-hybridized carbons (Fsp3) is 0.286. The minimum Gasteiger partial charge on any atom is -0.495 e. The van der Waals surface area contributed by atoms with Crippen molar-refractivity contribution in [1.29, 1.82) is 5.26 Å². The van der Waals surface area contributed by atoms with Crippen LogP contribution in [0.5, 0.6) is 5.75 Å². The summed E-state index contributed by atoms with van der Waals surface area (Å²) in [6.45, 7) is 2.11. The number of ether oxygens (including phenoxy) is 1. The van der Waals surface area contributed by atoms with Gasteiger partial charge in [0.25, 0.3) is 17.7 Å². The molecule has 2 aliphatic rings. The van der Waals surface area contributed by atoms with Crippen molar-refractivity contribution >= 4 is 29.1 Å². The number of benzene rings is 3. The Kier molecular flexibility index (Phi) is 8.92. The van der Waals surface area contributed by atoms with Crippen molar-refractivity contribution in [2.75, 3.05) is 57.1 Å². The molecule has 13 heteroatoms. The molecule has 1 unspecified atom stereocenters. The van der Waals surface area contributed by atoms with Crippen LogP contribution in [0.4, 0.5) is 20.2 Å². The Morgan fingerprint density at radius 1 is 1.08 bits per heavy atom. The van der Waals surface area contributed by atoms with Crippen LogP contribution in [0.2, 0.25) is 0 Å². The first-order valence-corrected chi connectivity index (χ1v) is 15.4. The number of nitriles is 1. The molecule has 6 rings (SSSR count). The average Bonchev–Trinajstić information content (AvgIpc) is 3.49. The van der Waals surface area contributed by atoms with E-state index < -0.39 is 23.8 Å². The molecule has 11 nitrogen and oxygen atoms in total. The van der Waals surface area contributed by atoms with Crippen molar-refractivity contribution in [1.82, 2.24) is 19.6 Å². The fourth-order valence-corrected chi connectivity index (χ4v) is 5.92. The first-order chi connectivity index (χ1) is 23.1. The van der Waals surface area contributed by atoms with E-state index in [9.17, 15) is 19.6 Å². The van der Waals surface area contributed by atoms with Crippen LogP contribution in [-0.2, 0) is 10.7 Å². The summed E-state index contributed by atoms with van der Waals surface area (Å²) < 4.78 is 37.3. The van der Waals surface area contributed by atoms with E-state index in [0.717, 1.165) is 19.5 Å². The molecular weight excluding hydrogens is 620 g/mol. The molecule has 3 aromatic carbocycles. The third-order valence-corrected chi connectivity index (χ3v) is 8.63. The van der Waals surface area contributed by atoms with Gasteiger partial charge in [-0.15, -0.1) is 0 Å². The van der Waals surface area contributed by atoms with Crippen LogP contribution >= 0.6 is 0 Å². The summed E-state index contributed by atoms with van der Waals surface area (Å²) in [5, 5.41) is 16.7. The van der Waals surface area contributed by atoms with Gasteiger partial charge >= 0.3 is 0 Å². The van der Waals surface area contributed by atoms with E-state index in [1.807, 2.05) is 11.0 Å². The van der Waals surface area contributed by atoms with E-state index in [1.54, 1.807) is 30.1 Å². The first kappa shape index (κ1) is 32.3. The molecule has 4 aromatic rings. The van der Waals surface area contributed by atoms with Crippen molar-refractivity contribution in [3.8, 4) is 11.8 Å². The number of anilines is 2. The second kappa shape index (κ2) is 13.2. The minimum atomic E-state index is -3.25. The summed E-state index contributed by atoms with van der Waals surface area (Å²) in [5.74, 6) is -3.99. The smallest absolute Gasteiger partial charge is 0.298 e. The van der Waals surface area contributed by atoms with Gasteiger partial charge in [-0.05, 0) is 43.8 Å². The number of rotatable bonds is 10. The van der Waals surface area contributed by atoms with E-state index >= 15 is 8.78 Å². The molecule has 0 aliphatic carbocycles. The number of hydrogen-bond acceptors (Lipinski definition) is 7. The fourth-order valence-electron chi connectivity index (χ4n) is 5.92. The Hall–Kier alpha value is -5.61. The number of likely N-dealkylation sites (tertiary alicyclic amines) is 1. The summed E-state index contributed by atoms with van der Waals surface area (Å²) >= 11 is 0. The van der Waals surface area contributed by atoms with Gasteiger partial charge < -0.3 is 19.9 Å². The Balaban J connectivity index is 1.30. The SMILES string of the molecule is COc1ccc(C(=O)Nc2cnn3c2C(=O)N(c2ccc(C(F)(F)c4ccccc4)cc2)CC3CN(C)CC(=O)N2CCC2)cc1C#N. The number of fused-ring (bicyclic) bond motifs is 1. The Labute approximate surface area is 275 Å². The van der Waals surface area contributed by atoms with E-state index in [1.165, 1.54) is 77.5 Å². The van der Waals surface area contributed by atoms with Crippen molar-refractivity contribution in [2.24, 2.45) is 0 Å². The highest BCUT2D eigenvalue weighted by molar-refractivity contribution is 6.13. The van der Waals surface area contributed by atoms with Crippen LogP contribution in [-0.4, -0.2) is 84.2 Å². The highest BCUT2D eigenvalue weighted by Gasteiger charge is 2.38. The summed E-state index contributed by atoms with van der Waals surface area (Å²) in [5.41, 5.74) is 0.582. The van der Waals surface area contributed by atoms with Gasteiger partial charge in [0.1, 0.15) is 11.8 Å². The molecule has 3 heterocycles. The summed E-state index contributed by atoms with van der Waals surface area (Å²) in [6, 6.07) is 19.0. The predicted molar refractivity (Wildman–Crippen MR) is 173 cm³/mol. The minimum absolute atomic E-state index is 0.00676. The molecule has 0 radical (unpaired) electrons. The lowest BCUT2D eigenvalue weighted by atomic mass is 10.00. The highest BCUT2D eigenvalue weighted by atomic mass is 19.3. The molecule has 0 saturated carbocycles. The summed E-state index contributed by atoms with van der Waals surface area (Å²) in [4.78, 5) is 45.2. The predicted octanol–water partition coefficient (Wildman–Crippen LogP) is 4.52. The Morgan fingerprint density at radius 3 is 2.44 bits per heavy atom. The van der Waals surface area contributed by atoms with Gasteiger partial charge in [0.15, 0.2) is 5.69 Å². The number of hydrogen-bond donors (Lipinski definition) is 1. The maximum Gasteiger partial charge on any atom is 0.298 e. The van der Waals surface area contributed by atoms with Crippen molar-refractivity contribution in [2.45, 2.75) is 18.4 Å². The summed E-state index contributed by atoms with van der Waals surface area (Å²) in [7, 11) is 3.23.